The van der Waals surface area contributed by atoms with Crippen molar-refractivity contribution in [3.63, 3.8) is 0 Å². The molecular weight excluding hydrogens is 443 g/mol. The molecule has 4 rings (SSSR count). The number of hydrogen-bond acceptors (Lipinski definition) is 4. The Bertz CT molecular complexity index is 1350. The van der Waals surface area contributed by atoms with E-state index in [9.17, 15) is 9.59 Å². The van der Waals surface area contributed by atoms with E-state index in [1.807, 2.05) is 45.0 Å². The van der Waals surface area contributed by atoms with Crippen LogP contribution in [0.2, 0.25) is 0 Å². The number of benzene rings is 1. The van der Waals surface area contributed by atoms with E-state index in [2.05, 4.69) is 32.3 Å². The number of carbonyl (C=O) groups excluding carboxylic acids is 1. The van der Waals surface area contributed by atoms with Crippen LogP contribution in [0.4, 0.5) is 4.39 Å². The van der Waals surface area contributed by atoms with Gasteiger partial charge in [0.15, 0.2) is 17.4 Å². The number of hydrogen-bond donors (Lipinski definition) is 0. The summed E-state index contributed by atoms with van der Waals surface area (Å²) in [6.45, 7) is 16.3. The molecular formula is C29H39FN2O3. The van der Waals surface area contributed by atoms with Gasteiger partial charge in [0, 0.05) is 45.4 Å². The van der Waals surface area contributed by atoms with E-state index in [4.69, 9.17) is 4.42 Å². The molecule has 3 aromatic rings. The van der Waals surface area contributed by atoms with Gasteiger partial charge in [0.05, 0.1) is 5.56 Å². The summed E-state index contributed by atoms with van der Waals surface area (Å²) in [4.78, 5) is 28.3. The van der Waals surface area contributed by atoms with Crippen LogP contribution in [0.15, 0.2) is 57.3 Å². The van der Waals surface area contributed by atoms with Crippen molar-refractivity contribution in [2.45, 2.75) is 54.5 Å². The van der Waals surface area contributed by atoms with Crippen molar-refractivity contribution >= 4 is 28.5 Å². The minimum absolute atomic E-state index is 0. The van der Waals surface area contributed by atoms with Crippen LogP contribution in [-0.4, -0.2) is 23.6 Å². The zero-order chi connectivity index (χ0) is 26.3. The van der Waals surface area contributed by atoms with Gasteiger partial charge in [-0.1, -0.05) is 59.4 Å². The van der Waals surface area contributed by atoms with Gasteiger partial charge in [-0.05, 0) is 37.0 Å². The Morgan fingerprint density at radius 2 is 1.91 bits per heavy atom. The number of aryl methyl sites for hydroxylation is 2. The molecule has 0 N–H and O–H groups in total. The molecule has 6 heteroatoms. The highest BCUT2D eigenvalue weighted by atomic mass is 19.1. The average Bonchev–Trinajstić information content (AvgIpc) is 3.23. The van der Waals surface area contributed by atoms with Gasteiger partial charge in [-0.15, -0.1) is 0 Å². The second kappa shape index (κ2) is 12.2. The largest absolute Gasteiger partial charge is 0.453 e. The van der Waals surface area contributed by atoms with Crippen molar-refractivity contribution in [2.24, 2.45) is 10.9 Å². The topological polar surface area (TPSA) is 64.6 Å². The molecule has 0 saturated carbocycles. The highest BCUT2D eigenvalue weighted by Gasteiger charge is 2.29. The third-order valence-electron chi connectivity index (χ3n) is 5.21. The van der Waals surface area contributed by atoms with Gasteiger partial charge in [0.25, 0.3) is 0 Å². The molecule has 0 radical (unpaired) electrons. The summed E-state index contributed by atoms with van der Waals surface area (Å²) in [5.41, 5.74) is 2.25. The Balaban J connectivity index is 0.00000148. The Labute approximate surface area is 209 Å². The van der Waals surface area contributed by atoms with E-state index < -0.39 is 17.0 Å². The van der Waals surface area contributed by atoms with Gasteiger partial charge in [-0.3, -0.25) is 14.6 Å². The first kappa shape index (κ1) is 27.7. The molecule has 1 aliphatic rings. The summed E-state index contributed by atoms with van der Waals surface area (Å²) < 4.78 is 22.8. The summed E-state index contributed by atoms with van der Waals surface area (Å²) in [7, 11) is 1.69. The number of allylic oxidation sites excluding steroid dienone is 3. The van der Waals surface area contributed by atoms with Crippen molar-refractivity contribution in [3.05, 3.63) is 75.9 Å². The number of aliphatic imine (C=N–C) groups is 1. The van der Waals surface area contributed by atoms with Gasteiger partial charge in [0.2, 0.25) is 5.43 Å². The lowest BCUT2D eigenvalue weighted by Gasteiger charge is -2.19. The molecule has 0 amide bonds. The van der Waals surface area contributed by atoms with E-state index >= 15 is 4.39 Å². The molecule has 0 unspecified atom stereocenters. The summed E-state index contributed by atoms with van der Waals surface area (Å²) >= 11 is 0. The maximum Gasteiger partial charge on any atom is 0.229 e. The highest BCUT2D eigenvalue weighted by Crippen LogP contribution is 2.40. The maximum atomic E-state index is 15.1. The molecule has 3 heterocycles. The molecule has 0 fully saturated rings. The van der Waals surface area contributed by atoms with Crippen molar-refractivity contribution in [3.8, 4) is 11.5 Å². The van der Waals surface area contributed by atoms with Crippen LogP contribution in [-0.2, 0) is 13.0 Å². The van der Waals surface area contributed by atoms with Crippen molar-refractivity contribution in [1.29, 1.82) is 0 Å². The fourth-order valence-corrected chi connectivity index (χ4v) is 3.75. The first-order chi connectivity index (χ1) is 16.7. The third-order valence-corrected chi connectivity index (χ3v) is 5.21. The number of pyridine rings is 1. The summed E-state index contributed by atoms with van der Waals surface area (Å²) in [5, 5.41) is 0.892. The Kier molecular flexibility index (Phi) is 9.69. The van der Waals surface area contributed by atoms with Crippen LogP contribution in [0.1, 0.15) is 65.9 Å². The molecule has 190 valence electrons. The van der Waals surface area contributed by atoms with Crippen molar-refractivity contribution in [1.82, 2.24) is 4.57 Å². The summed E-state index contributed by atoms with van der Waals surface area (Å²) in [5.74, 6) is -0.410. The number of carbonyl (C=O) groups is 1. The lowest BCUT2D eigenvalue weighted by atomic mass is 9.98. The van der Waals surface area contributed by atoms with E-state index in [-0.39, 0.29) is 14.1 Å². The van der Waals surface area contributed by atoms with Crippen LogP contribution < -0.4 is 5.43 Å². The van der Waals surface area contributed by atoms with Crippen LogP contribution in [0.5, 0.6) is 0 Å². The van der Waals surface area contributed by atoms with Crippen LogP contribution >= 0.6 is 0 Å². The Hall–Kier alpha value is -3.54. The number of para-hydroxylation sites is 1. The second-order valence-corrected chi connectivity index (χ2v) is 8.63. The number of aromatic nitrogens is 1. The van der Waals surface area contributed by atoms with Gasteiger partial charge in [-0.25, -0.2) is 4.39 Å². The second-order valence-electron chi connectivity index (χ2n) is 8.63. The number of halogens is 1. The predicted octanol–water partition coefficient (Wildman–Crippen LogP) is 7.61. The standard InChI is InChI=1S/C23H19FN2O3.C4H10.C2H6.2H2/c1-4-18(27)17-12-26-11-9-16-15-7-5-6-14(13(2)8-10-25-3)22(15)29-23(16)20(26)19(24)21(17)28;1-4(2)3;1-2;;/h4-8,10,12H,1,9,11H2,2-3H3;4H,1-3H3;1-2H3;2*1H/b13-8+,25-10?;;;;. The number of ketones is 1. The van der Waals surface area contributed by atoms with Crippen molar-refractivity contribution in [2.75, 3.05) is 7.05 Å². The molecule has 1 aliphatic heterocycles. The molecule has 35 heavy (non-hydrogen) atoms. The fraction of sp³-hybridized carbons (Fsp3) is 0.345. The lowest BCUT2D eigenvalue weighted by Crippen LogP contribution is -2.25. The minimum atomic E-state index is -0.982. The molecule has 0 bridgehead atoms. The molecule has 0 saturated heterocycles. The van der Waals surface area contributed by atoms with Crippen molar-refractivity contribution < 1.29 is 16.5 Å². The predicted molar refractivity (Wildman–Crippen MR) is 148 cm³/mol. The molecule has 0 aliphatic carbocycles. The van der Waals surface area contributed by atoms with Gasteiger partial charge in [-0.2, -0.15) is 0 Å². The SMILES string of the molecule is C=CC(=O)c1cn2c(c(F)c1=O)-c1oc3c(/C(C)=C/C=NC)cccc3c1CC2.CC.CC(C)C.[HH].[HH]. The van der Waals surface area contributed by atoms with E-state index in [1.54, 1.807) is 17.8 Å². The van der Waals surface area contributed by atoms with E-state index in [1.165, 1.54) is 6.20 Å². The average molecular weight is 483 g/mol. The maximum absolute atomic E-state index is 15.1. The molecule has 1 aromatic carbocycles. The minimum Gasteiger partial charge on any atom is -0.453 e. The first-order valence-corrected chi connectivity index (χ1v) is 11.9. The highest BCUT2D eigenvalue weighted by molar-refractivity contribution is 6.04. The zero-order valence-electron chi connectivity index (χ0n) is 21.7. The molecule has 2 aromatic heterocycles. The first-order valence-electron chi connectivity index (χ1n) is 11.9. The van der Waals surface area contributed by atoms with Crippen LogP contribution in [0.25, 0.3) is 28.0 Å². The molecule has 5 nitrogen and oxygen atoms in total. The van der Waals surface area contributed by atoms with Gasteiger partial charge in [0.1, 0.15) is 11.3 Å². The third kappa shape index (κ3) is 5.76. The summed E-state index contributed by atoms with van der Waals surface area (Å²) in [6, 6.07) is 5.79. The smallest absolute Gasteiger partial charge is 0.229 e. The number of fused-ring (bicyclic) bond motifs is 5. The van der Waals surface area contributed by atoms with Gasteiger partial charge >= 0.3 is 0 Å². The molecule has 0 atom stereocenters. The van der Waals surface area contributed by atoms with E-state index in [0.717, 1.165) is 34.1 Å². The van der Waals surface area contributed by atoms with E-state index in [0.29, 0.717) is 24.3 Å². The zero-order valence-corrected chi connectivity index (χ0v) is 21.7. The quantitative estimate of drug-likeness (QED) is 0.218. The number of nitrogens with zero attached hydrogens (tertiary/aromatic N) is 2. The molecule has 0 spiro atoms. The van der Waals surface area contributed by atoms with Crippen LogP contribution in [0, 0.1) is 11.7 Å². The number of rotatable bonds is 4. The van der Waals surface area contributed by atoms with Crippen LogP contribution in [0.3, 0.4) is 0 Å². The van der Waals surface area contributed by atoms with Gasteiger partial charge < -0.3 is 8.98 Å². The number of furan rings is 1. The Morgan fingerprint density at radius 3 is 2.51 bits per heavy atom. The fourth-order valence-electron chi connectivity index (χ4n) is 3.75. The summed E-state index contributed by atoms with van der Waals surface area (Å²) in [6.07, 6.45) is 6.58. The normalized spacial score (nSPS) is 12.4. The monoisotopic (exact) mass is 482 g/mol. The lowest BCUT2D eigenvalue weighted by molar-refractivity contribution is 0.104. The Morgan fingerprint density at radius 1 is 1.26 bits per heavy atom.